The van der Waals surface area contributed by atoms with Crippen molar-refractivity contribution < 1.29 is 27.6 Å². The number of aromatic amines is 1. The third kappa shape index (κ3) is 6.04. The third-order valence-corrected chi connectivity index (χ3v) is 6.35. The molecule has 8 nitrogen and oxygen atoms in total. The minimum Gasteiger partial charge on any atom is -0.358 e. The minimum absolute atomic E-state index is 0.144. The van der Waals surface area contributed by atoms with Crippen LogP contribution in [0.25, 0.3) is 11.6 Å². The second-order valence-electron chi connectivity index (χ2n) is 9.53. The molecule has 39 heavy (non-hydrogen) atoms. The van der Waals surface area contributed by atoms with Gasteiger partial charge in [0.05, 0.1) is 22.4 Å². The van der Waals surface area contributed by atoms with Crippen LogP contribution >= 0.6 is 0 Å². The lowest BCUT2D eigenvalue weighted by Gasteiger charge is -2.10. The molecule has 0 atom stereocenters. The van der Waals surface area contributed by atoms with E-state index in [2.05, 4.69) is 20.9 Å². The molecule has 3 amide bonds. The molecule has 0 bridgehead atoms. The fraction of sp³-hybridized carbons (Fsp3) is 0.250. The smallest absolute Gasteiger partial charge is 0.358 e. The van der Waals surface area contributed by atoms with Crippen molar-refractivity contribution in [1.29, 1.82) is 0 Å². The van der Waals surface area contributed by atoms with Crippen LogP contribution in [-0.4, -0.2) is 54.8 Å². The quantitative estimate of drug-likeness (QED) is 0.327. The van der Waals surface area contributed by atoms with Crippen molar-refractivity contribution in [2.24, 2.45) is 0 Å². The van der Waals surface area contributed by atoms with Crippen LogP contribution in [0.1, 0.15) is 48.8 Å². The van der Waals surface area contributed by atoms with Gasteiger partial charge in [0.15, 0.2) is 0 Å². The van der Waals surface area contributed by atoms with Crippen LogP contribution < -0.4 is 16.0 Å². The number of H-pyrrole nitrogens is 1. The van der Waals surface area contributed by atoms with Gasteiger partial charge in [-0.2, -0.15) is 13.2 Å². The standard InChI is InChI=1S/C28H28F3N5O3/c1-15-22(33-16(2)24(15)27(39)32-10-11-36(3)4)14-21-20-9-8-19(13-23(20)35-26(21)38)34-25(37)17-6-5-7-18(12-17)28(29,30)31/h5-9,12-14,33H,10-11H2,1-4H3,(H,32,39)(H,34,37)(H,35,38)/b21-14-. The van der Waals surface area contributed by atoms with E-state index in [-0.39, 0.29) is 17.4 Å². The number of halogens is 3. The number of likely N-dealkylation sites (N-methyl/N-ethyl adjacent to an activating group) is 1. The Morgan fingerprint density at radius 1 is 1.05 bits per heavy atom. The first-order valence-corrected chi connectivity index (χ1v) is 12.1. The van der Waals surface area contributed by atoms with Gasteiger partial charge in [0.25, 0.3) is 17.7 Å². The van der Waals surface area contributed by atoms with Crippen molar-refractivity contribution in [3.63, 3.8) is 0 Å². The molecule has 1 aliphatic heterocycles. The van der Waals surface area contributed by atoms with Gasteiger partial charge in [-0.3, -0.25) is 14.4 Å². The summed E-state index contributed by atoms with van der Waals surface area (Å²) < 4.78 is 39.0. The normalized spacial score (nSPS) is 13.9. The number of hydrogen-bond acceptors (Lipinski definition) is 4. The Kier molecular flexibility index (Phi) is 7.64. The Hall–Kier alpha value is -4.38. The minimum atomic E-state index is -4.57. The van der Waals surface area contributed by atoms with E-state index in [4.69, 9.17) is 0 Å². The summed E-state index contributed by atoms with van der Waals surface area (Å²) in [6.07, 6.45) is -2.90. The predicted molar refractivity (Wildman–Crippen MR) is 143 cm³/mol. The molecule has 0 unspecified atom stereocenters. The number of fused-ring (bicyclic) bond motifs is 1. The summed E-state index contributed by atoms with van der Waals surface area (Å²) in [6, 6.07) is 8.87. The number of nitrogens with zero attached hydrogens (tertiary/aromatic N) is 1. The number of benzene rings is 2. The van der Waals surface area contributed by atoms with Gasteiger partial charge < -0.3 is 25.8 Å². The molecule has 0 saturated heterocycles. The van der Waals surface area contributed by atoms with Gasteiger partial charge in [-0.15, -0.1) is 0 Å². The van der Waals surface area contributed by atoms with Gasteiger partial charge in [0.2, 0.25) is 0 Å². The monoisotopic (exact) mass is 539 g/mol. The van der Waals surface area contributed by atoms with Crippen molar-refractivity contribution in [1.82, 2.24) is 15.2 Å². The maximum Gasteiger partial charge on any atom is 0.416 e. The number of alkyl halides is 3. The number of hydrogen-bond donors (Lipinski definition) is 4. The van der Waals surface area contributed by atoms with E-state index < -0.39 is 17.6 Å². The van der Waals surface area contributed by atoms with Gasteiger partial charge in [-0.25, -0.2) is 0 Å². The zero-order valence-corrected chi connectivity index (χ0v) is 21.8. The molecule has 4 rings (SSSR count). The van der Waals surface area contributed by atoms with E-state index in [9.17, 15) is 27.6 Å². The van der Waals surface area contributed by atoms with Crippen molar-refractivity contribution >= 4 is 40.7 Å². The molecule has 0 spiro atoms. The summed E-state index contributed by atoms with van der Waals surface area (Å²) in [7, 11) is 3.84. The van der Waals surface area contributed by atoms with Gasteiger partial charge >= 0.3 is 6.18 Å². The van der Waals surface area contributed by atoms with Gasteiger partial charge in [-0.1, -0.05) is 12.1 Å². The number of carbonyl (C=O) groups excluding carboxylic acids is 3. The number of aryl methyl sites for hydroxylation is 1. The number of carbonyl (C=O) groups is 3. The molecule has 3 aromatic rings. The van der Waals surface area contributed by atoms with E-state index in [1.165, 1.54) is 18.2 Å². The molecule has 0 radical (unpaired) electrons. The Labute approximate surface area is 223 Å². The van der Waals surface area contributed by atoms with Gasteiger partial charge in [-0.05, 0) is 69.9 Å². The molecular weight excluding hydrogens is 511 g/mol. The third-order valence-electron chi connectivity index (χ3n) is 6.35. The summed E-state index contributed by atoms with van der Waals surface area (Å²) >= 11 is 0. The van der Waals surface area contributed by atoms with Gasteiger partial charge in [0.1, 0.15) is 0 Å². The first-order valence-electron chi connectivity index (χ1n) is 12.1. The summed E-state index contributed by atoms with van der Waals surface area (Å²) in [5.74, 6) is -1.28. The molecule has 0 saturated carbocycles. The molecule has 2 aromatic carbocycles. The SMILES string of the molecule is Cc1[nH]c(/C=C2\C(=O)Nc3cc(NC(=O)c4cccc(C(F)(F)F)c4)ccc32)c(C)c1C(=O)NCCN(C)C. The second kappa shape index (κ2) is 10.8. The van der Waals surface area contributed by atoms with E-state index in [0.29, 0.717) is 58.1 Å². The Balaban J connectivity index is 1.55. The topological polar surface area (TPSA) is 106 Å². The Bertz CT molecular complexity index is 1490. The summed E-state index contributed by atoms with van der Waals surface area (Å²) in [5, 5.41) is 8.21. The molecule has 204 valence electrons. The maximum atomic E-state index is 13.0. The highest BCUT2D eigenvalue weighted by Crippen LogP contribution is 2.36. The largest absolute Gasteiger partial charge is 0.416 e. The highest BCUT2D eigenvalue weighted by atomic mass is 19.4. The van der Waals surface area contributed by atoms with E-state index in [0.717, 1.165) is 12.1 Å². The zero-order chi connectivity index (χ0) is 28.5. The van der Waals surface area contributed by atoms with Crippen LogP contribution in [0.3, 0.4) is 0 Å². The summed E-state index contributed by atoms with van der Waals surface area (Å²) in [4.78, 5) is 43.2. The molecule has 2 heterocycles. The molecule has 1 aliphatic rings. The number of rotatable bonds is 7. The first kappa shape index (κ1) is 27.6. The molecule has 0 aliphatic carbocycles. The molecule has 1 aromatic heterocycles. The lowest BCUT2D eigenvalue weighted by atomic mass is 10.0. The lowest BCUT2D eigenvalue weighted by molar-refractivity contribution is -0.137. The lowest BCUT2D eigenvalue weighted by Crippen LogP contribution is -2.31. The van der Waals surface area contributed by atoms with E-state index in [1.807, 2.05) is 19.0 Å². The van der Waals surface area contributed by atoms with Crippen molar-refractivity contribution in [2.45, 2.75) is 20.0 Å². The van der Waals surface area contributed by atoms with Crippen molar-refractivity contribution in [2.75, 3.05) is 37.8 Å². The van der Waals surface area contributed by atoms with Crippen molar-refractivity contribution in [3.05, 3.63) is 81.7 Å². The van der Waals surface area contributed by atoms with Gasteiger partial charge in [0, 0.05) is 41.3 Å². The van der Waals surface area contributed by atoms with Crippen LogP contribution in [0.2, 0.25) is 0 Å². The van der Waals surface area contributed by atoms with Crippen LogP contribution in [0.4, 0.5) is 24.5 Å². The van der Waals surface area contributed by atoms with E-state index in [1.54, 1.807) is 32.1 Å². The Morgan fingerprint density at radius 2 is 1.79 bits per heavy atom. The maximum absolute atomic E-state index is 13.0. The highest BCUT2D eigenvalue weighted by Gasteiger charge is 2.31. The average Bonchev–Trinajstić information content (AvgIpc) is 3.32. The molecule has 4 N–H and O–H groups in total. The number of anilines is 2. The highest BCUT2D eigenvalue weighted by molar-refractivity contribution is 6.35. The Morgan fingerprint density at radius 3 is 2.49 bits per heavy atom. The van der Waals surface area contributed by atoms with Crippen molar-refractivity contribution in [3.8, 4) is 0 Å². The molecule has 11 heteroatoms. The number of aromatic nitrogens is 1. The van der Waals surface area contributed by atoms with Crippen LogP contribution in [-0.2, 0) is 11.0 Å². The average molecular weight is 540 g/mol. The second-order valence-corrected chi connectivity index (χ2v) is 9.53. The summed E-state index contributed by atoms with van der Waals surface area (Å²) in [5.41, 5.74) is 3.14. The predicted octanol–water partition coefficient (Wildman–Crippen LogP) is 4.69. The van der Waals surface area contributed by atoms with Crippen LogP contribution in [0, 0.1) is 13.8 Å². The van der Waals surface area contributed by atoms with Crippen LogP contribution in [0.15, 0.2) is 42.5 Å². The molecule has 0 fully saturated rings. The number of nitrogens with one attached hydrogen (secondary N) is 4. The molecular formula is C28H28F3N5O3. The first-order chi connectivity index (χ1) is 18.3. The fourth-order valence-electron chi connectivity index (χ4n) is 4.34. The van der Waals surface area contributed by atoms with Crippen LogP contribution in [0.5, 0.6) is 0 Å². The fourth-order valence-corrected chi connectivity index (χ4v) is 4.34. The zero-order valence-electron chi connectivity index (χ0n) is 21.8. The number of amides is 3. The summed E-state index contributed by atoms with van der Waals surface area (Å²) in [6.45, 7) is 4.79. The van der Waals surface area contributed by atoms with E-state index >= 15 is 0 Å².